The molecule has 0 spiro atoms. The molecular weight excluding hydrogens is 222 g/mol. The second kappa shape index (κ2) is 4.91. The Morgan fingerprint density at radius 2 is 1.82 bits per heavy atom. The van der Waals surface area contributed by atoms with E-state index in [2.05, 4.69) is 10.3 Å². The average Bonchev–Trinajstić information content (AvgIpc) is 2.28. The van der Waals surface area contributed by atoms with Crippen molar-refractivity contribution < 1.29 is 8.78 Å². The summed E-state index contributed by atoms with van der Waals surface area (Å²) in [4.78, 5) is 4.17. The van der Waals surface area contributed by atoms with Gasteiger partial charge in [-0.25, -0.2) is 8.78 Å². The van der Waals surface area contributed by atoms with Gasteiger partial charge in [0.25, 0.3) is 0 Å². The highest BCUT2D eigenvalue weighted by atomic mass is 19.1. The molecule has 0 saturated heterocycles. The predicted molar refractivity (Wildman–Crippen MR) is 62.6 cm³/mol. The molecule has 1 atom stereocenters. The summed E-state index contributed by atoms with van der Waals surface area (Å²) >= 11 is 0. The summed E-state index contributed by atoms with van der Waals surface area (Å²) in [7, 11) is 0. The number of nitrogens with one attached hydrogen (secondary N) is 1. The molecule has 1 unspecified atom stereocenters. The number of benzene rings is 1. The third kappa shape index (κ3) is 3.00. The fourth-order valence-electron chi connectivity index (χ4n) is 1.59. The van der Waals surface area contributed by atoms with Crippen LogP contribution < -0.4 is 5.32 Å². The van der Waals surface area contributed by atoms with Gasteiger partial charge in [0.1, 0.15) is 11.6 Å². The highest BCUT2D eigenvalue weighted by Crippen LogP contribution is 2.19. The smallest absolute Gasteiger partial charge is 0.128 e. The third-order valence-corrected chi connectivity index (χ3v) is 2.38. The number of hydrogen-bond acceptors (Lipinski definition) is 2. The van der Waals surface area contributed by atoms with E-state index in [0.717, 1.165) is 11.8 Å². The molecular formula is C13H12F2N2. The van der Waals surface area contributed by atoms with Crippen molar-refractivity contribution >= 4 is 5.69 Å². The van der Waals surface area contributed by atoms with E-state index in [-0.39, 0.29) is 6.04 Å². The molecule has 1 N–H and O–H groups in total. The lowest BCUT2D eigenvalue weighted by Gasteiger charge is -2.14. The van der Waals surface area contributed by atoms with E-state index in [9.17, 15) is 8.78 Å². The molecule has 0 radical (unpaired) electrons. The molecule has 0 aliphatic rings. The van der Waals surface area contributed by atoms with Crippen LogP contribution in [0.25, 0.3) is 0 Å². The monoisotopic (exact) mass is 234 g/mol. The van der Waals surface area contributed by atoms with Crippen LogP contribution in [0.2, 0.25) is 0 Å². The van der Waals surface area contributed by atoms with Crippen molar-refractivity contribution in [1.82, 2.24) is 4.98 Å². The summed E-state index contributed by atoms with van der Waals surface area (Å²) in [6.07, 6.45) is 1.68. The lowest BCUT2D eigenvalue weighted by atomic mass is 10.2. The highest BCUT2D eigenvalue weighted by Gasteiger charge is 2.07. The Hall–Kier alpha value is -1.97. The Morgan fingerprint density at radius 1 is 1.12 bits per heavy atom. The predicted octanol–water partition coefficient (Wildman–Crippen LogP) is 3.53. The zero-order chi connectivity index (χ0) is 12.3. The number of nitrogens with zero attached hydrogens (tertiary/aromatic N) is 1. The number of rotatable bonds is 3. The van der Waals surface area contributed by atoms with Gasteiger partial charge in [-0.05, 0) is 31.2 Å². The van der Waals surface area contributed by atoms with E-state index in [1.165, 1.54) is 12.1 Å². The summed E-state index contributed by atoms with van der Waals surface area (Å²) in [5.41, 5.74) is 1.22. The Labute approximate surface area is 98.3 Å². The number of hydrogen-bond donors (Lipinski definition) is 1. The lowest BCUT2D eigenvalue weighted by molar-refractivity contribution is 0.583. The van der Waals surface area contributed by atoms with Gasteiger partial charge < -0.3 is 5.32 Å². The van der Waals surface area contributed by atoms with Gasteiger partial charge in [0.2, 0.25) is 0 Å². The maximum Gasteiger partial charge on any atom is 0.128 e. The summed E-state index contributed by atoms with van der Waals surface area (Å²) in [5, 5.41) is 3.00. The number of halogens is 2. The molecule has 1 heterocycles. The molecule has 0 aliphatic carbocycles. The molecule has 1 aromatic carbocycles. The first kappa shape index (κ1) is 11.5. The SMILES string of the molecule is CC(Nc1cc(F)cc(F)c1)c1ccccn1. The van der Waals surface area contributed by atoms with Gasteiger partial charge >= 0.3 is 0 Å². The maximum absolute atomic E-state index is 13.0. The van der Waals surface area contributed by atoms with Crippen LogP contribution in [0.15, 0.2) is 42.6 Å². The fraction of sp³-hybridized carbons (Fsp3) is 0.154. The average molecular weight is 234 g/mol. The van der Waals surface area contributed by atoms with Crippen molar-refractivity contribution in [2.75, 3.05) is 5.32 Å². The van der Waals surface area contributed by atoms with E-state index in [1.54, 1.807) is 6.20 Å². The van der Waals surface area contributed by atoms with Crippen molar-refractivity contribution in [3.8, 4) is 0 Å². The molecule has 2 aromatic rings. The van der Waals surface area contributed by atoms with Gasteiger partial charge in [0, 0.05) is 18.0 Å². The van der Waals surface area contributed by atoms with E-state index in [4.69, 9.17) is 0 Å². The van der Waals surface area contributed by atoms with Crippen molar-refractivity contribution in [3.63, 3.8) is 0 Å². The maximum atomic E-state index is 13.0. The Kier molecular flexibility index (Phi) is 3.32. The molecule has 17 heavy (non-hydrogen) atoms. The van der Waals surface area contributed by atoms with Gasteiger partial charge in [-0.1, -0.05) is 6.07 Å². The molecule has 0 fully saturated rings. The fourth-order valence-corrected chi connectivity index (χ4v) is 1.59. The van der Waals surface area contributed by atoms with Crippen LogP contribution in [0.5, 0.6) is 0 Å². The van der Waals surface area contributed by atoms with E-state index >= 15 is 0 Å². The standard InChI is InChI=1S/C13H12F2N2/c1-9(13-4-2-3-5-16-13)17-12-7-10(14)6-11(15)8-12/h2-9,17H,1H3. The minimum atomic E-state index is -0.597. The van der Waals surface area contributed by atoms with Gasteiger partial charge in [0.05, 0.1) is 11.7 Å². The van der Waals surface area contributed by atoms with Gasteiger partial charge in [0.15, 0.2) is 0 Å². The first-order valence-corrected chi connectivity index (χ1v) is 5.29. The number of pyridine rings is 1. The normalized spacial score (nSPS) is 12.2. The Balaban J connectivity index is 2.16. The molecule has 0 amide bonds. The second-order valence-corrected chi connectivity index (χ2v) is 3.78. The van der Waals surface area contributed by atoms with E-state index in [0.29, 0.717) is 5.69 Å². The molecule has 0 aliphatic heterocycles. The molecule has 2 nitrogen and oxygen atoms in total. The summed E-state index contributed by atoms with van der Waals surface area (Å²) in [5.74, 6) is -1.19. The molecule has 2 rings (SSSR count). The highest BCUT2D eigenvalue weighted by molar-refractivity contribution is 5.45. The topological polar surface area (TPSA) is 24.9 Å². The Bertz CT molecular complexity index is 480. The quantitative estimate of drug-likeness (QED) is 0.878. The second-order valence-electron chi connectivity index (χ2n) is 3.78. The zero-order valence-electron chi connectivity index (χ0n) is 9.32. The van der Waals surface area contributed by atoms with Gasteiger partial charge in [-0.3, -0.25) is 4.98 Å². The summed E-state index contributed by atoms with van der Waals surface area (Å²) in [6.45, 7) is 1.88. The van der Waals surface area contributed by atoms with Crippen molar-refractivity contribution in [2.24, 2.45) is 0 Å². The van der Waals surface area contributed by atoms with Crippen LogP contribution in [0.4, 0.5) is 14.5 Å². The lowest BCUT2D eigenvalue weighted by Crippen LogP contribution is -2.08. The van der Waals surface area contributed by atoms with Crippen molar-refractivity contribution in [3.05, 3.63) is 59.9 Å². The van der Waals surface area contributed by atoms with E-state index in [1.807, 2.05) is 25.1 Å². The van der Waals surface area contributed by atoms with Crippen LogP contribution in [0.1, 0.15) is 18.7 Å². The van der Waals surface area contributed by atoms with Crippen LogP contribution in [-0.2, 0) is 0 Å². The van der Waals surface area contributed by atoms with Crippen molar-refractivity contribution in [1.29, 1.82) is 0 Å². The van der Waals surface area contributed by atoms with Gasteiger partial charge in [-0.2, -0.15) is 0 Å². The third-order valence-electron chi connectivity index (χ3n) is 2.38. The first-order valence-electron chi connectivity index (χ1n) is 5.29. The Morgan fingerprint density at radius 3 is 2.41 bits per heavy atom. The van der Waals surface area contributed by atoms with Crippen LogP contribution in [0.3, 0.4) is 0 Å². The minimum absolute atomic E-state index is 0.114. The van der Waals surface area contributed by atoms with Crippen LogP contribution in [-0.4, -0.2) is 4.98 Å². The first-order chi connectivity index (χ1) is 8.15. The number of aromatic nitrogens is 1. The molecule has 88 valence electrons. The molecule has 0 saturated carbocycles. The van der Waals surface area contributed by atoms with Crippen molar-refractivity contribution in [2.45, 2.75) is 13.0 Å². The number of anilines is 1. The van der Waals surface area contributed by atoms with Crippen LogP contribution >= 0.6 is 0 Å². The minimum Gasteiger partial charge on any atom is -0.377 e. The summed E-state index contributed by atoms with van der Waals surface area (Å²) in [6, 6.07) is 8.78. The van der Waals surface area contributed by atoms with E-state index < -0.39 is 11.6 Å². The molecule has 1 aromatic heterocycles. The largest absolute Gasteiger partial charge is 0.377 e. The summed E-state index contributed by atoms with van der Waals surface area (Å²) < 4.78 is 26.0. The van der Waals surface area contributed by atoms with Gasteiger partial charge in [-0.15, -0.1) is 0 Å². The molecule has 4 heteroatoms. The van der Waals surface area contributed by atoms with Crippen LogP contribution in [0, 0.1) is 11.6 Å². The zero-order valence-corrected chi connectivity index (χ0v) is 9.32. The molecule has 0 bridgehead atoms.